The van der Waals surface area contributed by atoms with E-state index in [1.54, 1.807) is 12.1 Å². The summed E-state index contributed by atoms with van der Waals surface area (Å²) >= 11 is 0. The number of hydrogen-bond donors (Lipinski definition) is 3. The molecule has 38 heavy (non-hydrogen) atoms. The molecule has 0 saturated heterocycles. The number of nitrogens with zero attached hydrogens (tertiary/aromatic N) is 3. The van der Waals surface area contributed by atoms with Gasteiger partial charge in [-0.05, 0) is 30.5 Å². The van der Waals surface area contributed by atoms with Crippen LogP contribution >= 0.6 is 0 Å². The number of carbonyl (C=O) groups excluding carboxylic acids is 2. The first-order chi connectivity index (χ1) is 18.2. The zero-order valence-corrected chi connectivity index (χ0v) is 20.7. The molecule has 0 saturated carbocycles. The Balaban J connectivity index is 1.63. The van der Waals surface area contributed by atoms with E-state index in [0.717, 1.165) is 27.4 Å². The summed E-state index contributed by atoms with van der Waals surface area (Å²) in [4.78, 5) is 45.0. The molecular formula is C28H28N6O4. The summed E-state index contributed by atoms with van der Waals surface area (Å²) < 4.78 is 0. The van der Waals surface area contributed by atoms with Crippen LogP contribution < -0.4 is 17.2 Å². The number of rotatable bonds is 11. The van der Waals surface area contributed by atoms with E-state index in [9.17, 15) is 19.7 Å². The van der Waals surface area contributed by atoms with Crippen molar-refractivity contribution < 1.29 is 14.5 Å². The second-order valence-corrected chi connectivity index (χ2v) is 9.08. The van der Waals surface area contributed by atoms with Crippen LogP contribution in [0.4, 0.5) is 5.69 Å². The Labute approximate surface area is 218 Å². The molecule has 0 aliphatic rings. The Morgan fingerprint density at radius 2 is 1.58 bits per heavy atom. The number of primary amides is 1. The molecule has 194 valence electrons. The molecule has 4 aromatic rings. The Hall–Kier alpha value is -4.86. The molecule has 1 aromatic heterocycles. The number of nitro groups is 1. The maximum Gasteiger partial charge on any atom is 0.273 e. The number of nitrogens with two attached hydrogens (primary N) is 3. The van der Waals surface area contributed by atoms with Crippen molar-refractivity contribution in [2.45, 2.75) is 25.7 Å². The first kappa shape index (κ1) is 26.2. The van der Waals surface area contributed by atoms with Gasteiger partial charge < -0.3 is 17.2 Å². The molecule has 10 nitrogen and oxygen atoms in total. The molecule has 1 amide bonds. The second-order valence-electron chi connectivity index (χ2n) is 9.08. The number of nitro benzene ring substituents is 1. The zero-order valence-electron chi connectivity index (χ0n) is 20.7. The zero-order chi connectivity index (χ0) is 27.2. The van der Waals surface area contributed by atoms with E-state index in [1.165, 1.54) is 6.07 Å². The number of carbonyl (C=O) groups is 2. The van der Waals surface area contributed by atoms with E-state index in [2.05, 4.69) is 4.99 Å². The van der Waals surface area contributed by atoms with Crippen molar-refractivity contribution in [1.29, 1.82) is 0 Å². The van der Waals surface area contributed by atoms with Crippen LogP contribution in [0.2, 0.25) is 0 Å². The average molecular weight is 513 g/mol. The molecule has 0 spiro atoms. The molecule has 10 heteroatoms. The number of aliphatic imine (C=N–C) groups is 1. The van der Waals surface area contributed by atoms with Crippen LogP contribution in [-0.2, 0) is 11.2 Å². The Bertz CT molecular complexity index is 1510. The summed E-state index contributed by atoms with van der Waals surface area (Å²) in [7, 11) is 0. The largest absolute Gasteiger partial charge is 0.370 e. The van der Waals surface area contributed by atoms with E-state index in [-0.39, 0.29) is 30.1 Å². The highest BCUT2D eigenvalue weighted by Gasteiger charge is 2.23. The minimum atomic E-state index is -0.732. The number of benzene rings is 3. The van der Waals surface area contributed by atoms with Crippen molar-refractivity contribution in [3.63, 3.8) is 0 Å². The minimum absolute atomic E-state index is 0.0585. The van der Waals surface area contributed by atoms with Gasteiger partial charge in [-0.15, -0.1) is 0 Å². The number of aromatic nitrogens is 1. The molecule has 1 heterocycles. The number of fused-ring (bicyclic) bond motifs is 2. The van der Waals surface area contributed by atoms with Crippen molar-refractivity contribution in [2.75, 3.05) is 6.54 Å². The summed E-state index contributed by atoms with van der Waals surface area (Å²) in [6, 6.07) is 19.8. The van der Waals surface area contributed by atoms with Crippen LogP contribution in [0.1, 0.15) is 40.7 Å². The van der Waals surface area contributed by atoms with Gasteiger partial charge in [-0.25, -0.2) is 4.98 Å². The Kier molecular flexibility index (Phi) is 7.91. The summed E-state index contributed by atoms with van der Waals surface area (Å²) in [5, 5.41) is 13.9. The highest BCUT2D eigenvalue weighted by atomic mass is 16.6. The molecule has 0 aliphatic heterocycles. The lowest BCUT2D eigenvalue weighted by Crippen LogP contribution is -2.26. The Morgan fingerprint density at radius 1 is 0.947 bits per heavy atom. The van der Waals surface area contributed by atoms with Crippen LogP contribution in [0.15, 0.2) is 71.7 Å². The number of guanidine groups is 1. The summed E-state index contributed by atoms with van der Waals surface area (Å²) in [6.07, 6.45) is 0.905. The number of para-hydroxylation sites is 2. The fraction of sp³-hybridized carbons (Fsp3) is 0.214. The Morgan fingerprint density at radius 3 is 2.16 bits per heavy atom. The van der Waals surface area contributed by atoms with Crippen LogP contribution in [0, 0.1) is 16.0 Å². The first-order valence-corrected chi connectivity index (χ1v) is 12.2. The fourth-order valence-corrected chi connectivity index (χ4v) is 4.60. The van der Waals surface area contributed by atoms with Crippen molar-refractivity contribution in [3.05, 3.63) is 93.5 Å². The van der Waals surface area contributed by atoms with Crippen LogP contribution in [0.5, 0.6) is 0 Å². The van der Waals surface area contributed by atoms with Gasteiger partial charge in [0.25, 0.3) is 5.69 Å². The third kappa shape index (κ3) is 5.92. The normalized spacial score (nSPS) is 11.8. The number of ketones is 1. The number of pyridine rings is 1. The van der Waals surface area contributed by atoms with Crippen molar-refractivity contribution in [2.24, 2.45) is 28.1 Å². The predicted octanol–water partition coefficient (Wildman–Crippen LogP) is 3.61. The van der Waals surface area contributed by atoms with Gasteiger partial charge in [0.2, 0.25) is 5.91 Å². The molecule has 0 aliphatic carbocycles. The van der Waals surface area contributed by atoms with Crippen LogP contribution in [0.3, 0.4) is 0 Å². The van der Waals surface area contributed by atoms with E-state index < -0.39 is 22.5 Å². The summed E-state index contributed by atoms with van der Waals surface area (Å²) in [6.45, 7) is 0.304. The molecule has 0 fully saturated rings. The van der Waals surface area contributed by atoms with Gasteiger partial charge in [0.05, 0.1) is 16.0 Å². The number of hydrogen-bond acceptors (Lipinski definition) is 6. The van der Waals surface area contributed by atoms with Crippen LogP contribution in [-0.4, -0.2) is 34.1 Å². The van der Waals surface area contributed by atoms with Gasteiger partial charge in [-0.3, -0.25) is 24.7 Å². The quantitative estimate of drug-likeness (QED) is 0.0522. The fourth-order valence-electron chi connectivity index (χ4n) is 4.60. The summed E-state index contributed by atoms with van der Waals surface area (Å²) in [5.41, 5.74) is 19.1. The second kappa shape index (κ2) is 11.5. The minimum Gasteiger partial charge on any atom is -0.370 e. The highest BCUT2D eigenvalue weighted by Crippen LogP contribution is 2.31. The van der Waals surface area contributed by atoms with Gasteiger partial charge in [0.15, 0.2) is 11.7 Å². The van der Waals surface area contributed by atoms with Gasteiger partial charge in [0.1, 0.15) is 0 Å². The monoisotopic (exact) mass is 512 g/mol. The standard InChI is InChI=1S/C28H28N6O4/c29-27(36)19(6-5-13-32-28(30)31)16-26(35)18-12-11-17(25(15-18)34(37)38)14-22-20-7-1-3-9-23(20)33-24-10-4-2-8-21(22)24/h1-4,7-12,15,19H,5-6,13-14,16H2,(H2,29,36)(H4,30,31,32). The number of amides is 1. The van der Waals surface area contributed by atoms with Gasteiger partial charge in [0, 0.05) is 53.3 Å². The number of Topliss-reactive ketones (excluding diaryl/α,β-unsaturated/α-hetero) is 1. The predicted molar refractivity (Wildman–Crippen MR) is 147 cm³/mol. The summed E-state index contributed by atoms with van der Waals surface area (Å²) in [5.74, 6) is -1.81. The molecule has 1 unspecified atom stereocenters. The maximum absolute atomic E-state index is 13.0. The van der Waals surface area contributed by atoms with Gasteiger partial charge in [-0.1, -0.05) is 48.5 Å². The third-order valence-electron chi connectivity index (χ3n) is 6.51. The van der Waals surface area contributed by atoms with E-state index in [0.29, 0.717) is 24.9 Å². The molecule has 0 radical (unpaired) electrons. The van der Waals surface area contributed by atoms with Crippen molar-refractivity contribution >= 4 is 45.1 Å². The molecule has 6 N–H and O–H groups in total. The molecular weight excluding hydrogens is 484 g/mol. The van der Waals surface area contributed by atoms with E-state index >= 15 is 0 Å². The first-order valence-electron chi connectivity index (χ1n) is 12.2. The SMILES string of the molecule is NC(=O)C(CCCN=C(N)N)CC(=O)c1ccc(Cc2c3ccccc3nc3ccccc23)c([N+](=O)[O-])c1. The average Bonchev–Trinajstić information content (AvgIpc) is 2.89. The lowest BCUT2D eigenvalue weighted by atomic mass is 9.91. The van der Waals surface area contributed by atoms with Crippen LogP contribution in [0.25, 0.3) is 21.8 Å². The molecule has 0 bridgehead atoms. The van der Waals surface area contributed by atoms with Gasteiger partial charge >= 0.3 is 0 Å². The van der Waals surface area contributed by atoms with E-state index in [1.807, 2.05) is 48.5 Å². The topological polar surface area (TPSA) is 181 Å². The van der Waals surface area contributed by atoms with Crippen molar-refractivity contribution in [1.82, 2.24) is 4.98 Å². The molecule has 4 rings (SSSR count). The van der Waals surface area contributed by atoms with Crippen molar-refractivity contribution in [3.8, 4) is 0 Å². The van der Waals surface area contributed by atoms with E-state index in [4.69, 9.17) is 22.2 Å². The molecule has 1 atom stereocenters. The molecule has 3 aromatic carbocycles. The smallest absolute Gasteiger partial charge is 0.273 e. The highest BCUT2D eigenvalue weighted by molar-refractivity contribution is 6.00. The lowest BCUT2D eigenvalue weighted by molar-refractivity contribution is -0.385. The lowest BCUT2D eigenvalue weighted by Gasteiger charge is -2.13. The third-order valence-corrected chi connectivity index (χ3v) is 6.51. The maximum atomic E-state index is 13.0. The van der Waals surface area contributed by atoms with Gasteiger partial charge in [-0.2, -0.15) is 0 Å².